The Balaban J connectivity index is 1.85. The van der Waals surface area contributed by atoms with E-state index in [1.807, 2.05) is 19.1 Å². The lowest BCUT2D eigenvalue weighted by Crippen LogP contribution is -2.38. The smallest absolute Gasteiger partial charge is 0.286 e. The van der Waals surface area contributed by atoms with E-state index in [9.17, 15) is 9.59 Å². The van der Waals surface area contributed by atoms with Crippen LogP contribution in [0.25, 0.3) is 0 Å². The standard InChI is InChI=1S/C22H28N2O4/c1-5-11-23-21(26)19-10-8-16(28-19)13-24-17-12-15(22(3,4)6-2)7-9-18(17)27-14-20(24)25/h7-10,12H,5-6,11,13-14H2,1-4H3,(H,23,26). The number of carbonyl (C=O) groups is 2. The lowest BCUT2D eigenvalue weighted by atomic mass is 9.82. The van der Waals surface area contributed by atoms with Crippen molar-refractivity contribution in [1.29, 1.82) is 0 Å². The Kier molecular flexibility index (Phi) is 5.77. The lowest BCUT2D eigenvalue weighted by Gasteiger charge is -2.31. The minimum absolute atomic E-state index is 0.00356. The van der Waals surface area contributed by atoms with Crippen molar-refractivity contribution in [3.05, 3.63) is 47.4 Å². The molecular weight excluding hydrogens is 356 g/mol. The highest BCUT2D eigenvalue weighted by Crippen LogP contribution is 2.38. The first-order valence-corrected chi connectivity index (χ1v) is 9.80. The molecule has 28 heavy (non-hydrogen) atoms. The van der Waals surface area contributed by atoms with Gasteiger partial charge in [-0.3, -0.25) is 14.5 Å². The van der Waals surface area contributed by atoms with Gasteiger partial charge in [-0.05, 0) is 48.1 Å². The summed E-state index contributed by atoms with van der Waals surface area (Å²) in [5.41, 5.74) is 1.89. The summed E-state index contributed by atoms with van der Waals surface area (Å²) in [4.78, 5) is 26.3. The minimum Gasteiger partial charge on any atom is -0.482 e. The summed E-state index contributed by atoms with van der Waals surface area (Å²) < 4.78 is 11.3. The number of amides is 2. The number of furan rings is 1. The highest BCUT2D eigenvalue weighted by atomic mass is 16.5. The molecule has 0 spiro atoms. The third-order valence-corrected chi connectivity index (χ3v) is 5.30. The van der Waals surface area contributed by atoms with Gasteiger partial charge >= 0.3 is 0 Å². The van der Waals surface area contributed by atoms with Crippen LogP contribution in [0.2, 0.25) is 0 Å². The van der Waals surface area contributed by atoms with Gasteiger partial charge in [0.2, 0.25) is 0 Å². The van der Waals surface area contributed by atoms with Gasteiger partial charge < -0.3 is 14.5 Å². The zero-order valence-electron chi connectivity index (χ0n) is 17.0. The van der Waals surface area contributed by atoms with Gasteiger partial charge in [-0.1, -0.05) is 33.8 Å². The lowest BCUT2D eigenvalue weighted by molar-refractivity contribution is -0.121. The summed E-state index contributed by atoms with van der Waals surface area (Å²) in [5, 5.41) is 2.79. The fourth-order valence-electron chi connectivity index (χ4n) is 3.07. The second-order valence-corrected chi connectivity index (χ2v) is 7.71. The van der Waals surface area contributed by atoms with Gasteiger partial charge in [0.05, 0.1) is 12.2 Å². The van der Waals surface area contributed by atoms with Gasteiger partial charge in [0.25, 0.3) is 11.8 Å². The number of anilines is 1. The first kappa shape index (κ1) is 20.0. The predicted octanol–water partition coefficient (Wildman–Crippen LogP) is 4.03. The van der Waals surface area contributed by atoms with Gasteiger partial charge in [0.15, 0.2) is 12.4 Å². The van der Waals surface area contributed by atoms with Crippen molar-refractivity contribution in [2.24, 2.45) is 0 Å². The fourth-order valence-corrected chi connectivity index (χ4v) is 3.07. The van der Waals surface area contributed by atoms with E-state index >= 15 is 0 Å². The number of benzene rings is 1. The first-order chi connectivity index (χ1) is 13.4. The molecule has 0 saturated heterocycles. The molecule has 0 saturated carbocycles. The maximum atomic E-state index is 12.6. The monoisotopic (exact) mass is 384 g/mol. The van der Waals surface area contributed by atoms with Gasteiger partial charge in [-0.25, -0.2) is 0 Å². The zero-order chi connectivity index (χ0) is 20.3. The van der Waals surface area contributed by atoms with E-state index in [0.29, 0.717) is 18.1 Å². The van der Waals surface area contributed by atoms with Crippen LogP contribution < -0.4 is 15.0 Å². The molecule has 1 aliphatic rings. The van der Waals surface area contributed by atoms with Gasteiger partial charge in [0, 0.05) is 6.54 Å². The van der Waals surface area contributed by atoms with E-state index in [4.69, 9.17) is 9.15 Å². The molecule has 2 aromatic rings. The van der Waals surface area contributed by atoms with E-state index < -0.39 is 0 Å². The molecule has 2 heterocycles. The third kappa shape index (κ3) is 4.06. The highest BCUT2D eigenvalue weighted by Gasteiger charge is 2.29. The average Bonchev–Trinajstić information content (AvgIpc) is 3.16. The highest BCUT2D eigenvalue weighted by molar-refractivity contribution is 5.98. The Morgan fingerprint density at radius 2 is 2.00 bits per heavy atom. The molecule has 1 N–H and O–H groups in total. The number of ether oxygens (including phenoxy) is 1. The van der Waals surface area contributed by atoms with Crippen molar-refractivity contribution >= 4 is 17.5 Å². The summed E-state index contributed by atoms with van der Waals surface area (Å²) in [6.45, 7) is 9.34. The normalized spacial score (nSPS) is 13.9. The van der Waals surface area contributed by atoms with Crippen molar-refractivity contribution < 1.29 is 18.7 Å². The first-order valence-electron chi connectivity index (χ1n) is 9.80. The van der Waals surface area contributed by atoms with Crippen LogP contribution in [-0.2, 0) is 16.8 Å². The van der Waals surface area contributed by atoms with E-state index in [0.717, 1.165) is 24.1 Å². The number of carbonyl (C=O) groups excluding carboxylic acids is 2. The third-order valence-electron chi connectivity index (χ3n) is 5.30. The SMILES string of the molecule is CCCNC(=O)c1ccc(CN2C(=O)COc3ccc(C(C)(C)CC)cc32)o1. The molecule has 6 heteroatoms. The molecule has 0 bridgehead atoms. The number of nitrogens with zero attached hydrogens (tertiary/aromatic N) is 1. The molecule has 150 valence electrons. The van der Waals surface area contributed by atoms with E-state index in [-0.39, 0.29) is 36.1 Å². The Hall–Kier alpha value is -2.76. The van der Waals surface area contributed by atoms with E-state index in [1.54, 1.807) is 17.0 Å². The topological polar surface area (TPSA) is 71.8 Å². The Bertz CT molecular complexity index is 869. The number of fused-ring (bicyclic) bond motifs is 1. The van der Waals surface area contributed by atoms with Crippen molar-refractivity contribution in [3.63, 3.8) is 0 Å². The van der Waals surface area contributed by atoms with Crippen molar-refractivity contribution in [2.75, 3.05) is 18.1 Å². The minimum atomic E-state index is -0.242. The largest absolute Gasteiger partial charge is 0.482 e. The summed E-state index contributed by atoms with van der Waals surface area (Å²) in [6.07, 6.45) is 1.84. The molecule has 0 unspecified atom stereocenters. The molecule has 1 aliphatic heterocycles. The van der Waals surface area contributed by atoms with Crippen LogP contribution in [0.4, 0.5) is 5.69 Å². The molecule has 0 aliphatic carbocycles. The molecule has 3 rings (SSSR count). The fraction of sp³-hybridized carbons (Fsp3) is 0.455. The Labute approximate surface area is 165 Å². The Morgan fingerprint density at radius 3 is 2.71 bits per heavy atom. The van der Waals surface area contributed by atoms with Crippen LogP contribution in [0.5, 0.6) is 5.75 Å². The molecule has 0 atom stereocenters. The number of hydrogen-bond donors (Lipinski definition) is 1. The summed E-state index contributed by atoms with van der Waals surface area (Å²) in [6, 6.07) is 9.38. The maximum absolute atomic E-state index is 12.6. The van der Waals surface area contributed by atoms with Crippen LogP contribution in [-0.4, -0.2) is 25.0 Å². The molecule has 1 aromatic heterocycles. The van der Waals surface area contributed by atoms with E-state index in [1.165, 1.54) is 0 Å². The van der Waals surface area contributed by atoms with Crippen molar-refractivity contribution in [2.45, 2.75) is 52.5 Å². The van der Waals surface area contributed by atoms with Gasteiger partial charge in [-0.2, -0.15) is 0 Å². The van der Waals surface area contributed by atoms with Gasteiger partial charge in [0.1, 0.15) is 11.5 Å². The summed E-state index contributed by atoms with van der Waals surface area (Å²) >= 11 is 0. The number of nitrogens with one attached hydrogen (secondary N) is 1. The van der Waals surface area contributed by atoms with E-state index in [2.05, 4.69) is 32.2 Å². The van der Waals surface area contributed by atoms with Crippen molar-refractivity contribution in [3.8, 4) is 5.75 Å². The second kappa shape index (κ2) is 8.09. The molecule has 1 aromatic carbocycles. The molecule has 2 amide bonds. The van der Waals surface area contributed by atoms with Crippen LogP contribution in [0.3, 0.4) is 0 Å². The summed E-state index contributed by atoms with van der Waals surface area (Å²) in [7, 11) is 0. The molecular formula is C22H28N2O4. The number of rotatable bonds is 7. The van der Waals surface area contributed by atoms with Gasteiger partial charge in [-0.15, -0.1) is 0 Å². The molecule has 0 radical (unpaired) electrons. The zero-order valence-corrected chi connectivity index (χ0v) is 17.0. The molecule has 6 nitrogen and oxygen atoms in total. The maximum Gasteiger partial charge on any atom is 0.286 e. The quantitative estimate of drug-likeness (QED) is 0.782. The van der Waals surface area contributed by atoms with Crippen LogP contribution >= 0.6 is 0 Å². The molecule has 0 fully saturated rings. The Morgan fingerprint density at radius 1 is 1.21 bits per heavy atom. The van der Waals surface area contributed by atoms with Crippen LogP contribution in [0, 0.1) is 0 Å². The van der Waals surface area contributed by atoms with Crippen LogP contribution in [0.1, 0.15) is 62.4 Å². The summed E-state index contributed by atoms with van der Waals surface area (Å²) in [5.74, 6) is 1.12. The van der Waals surface area contributed by atoms with Crippen LogP contribution in [0.15, 0.2) is 34.7 Å². The number of hydrogen-bond acceptors (Lipinski definition) is 4. The predicted molar refractivity (Wildman–Crippen MR) is 108 cm³/mol. The second-order valence-electron chi connectivity index (χ2n) is 7.71. The average molecular weight is 384 g/mol. The van der Waals surface area contributed by atoms with Crippen molar-refractivity contribution in [1.82, 2.24) is 5.32 Å².